The van der Waals surface area contributed by atoms with Gasteiger partial charge in [0.05, 0.1) is 11.4 Å². The van der Waals surface area contributed by atoms with Crippen LogP contribution in [0.3, 0.4) is 0 Å². The Bertz CT molecular complexity index is 951. The number of ether oxygens (including phenoxy) is 1. The first-order valence-corrected chi connectivity index (χ1v) is 8.23. The molecule has 4 nitrogen and oxygen atoms in total. The molecule has 134 valence electrons. The van der Waals surface area contributed by atoms with Crippen LogP contribution >= 0.6 is 11.6 Å². The van der Waals surface area contributed by atoms with Crippen LogP contribution in [0.1, 0.15) is 11.3 Å². The maximum absolute atomic E-state index is 12.8. The second-order valence-corrected chi connectivity index (χ2v) is 6.25. The summed E-state index contributed by atoms with van der Waals surface area (Å²) in [4.78, 5) is 0. The molecule has 0 saturated heterocycles. The van der Waals surface area contributed by atoms with Gasteiger partial charge in [0, 0.05) is 29.2 Å². The normalized spacial score (nSPS) is 13.7. The molecule has 0 unspecified atom stereocenters. The lowest BCUT2D eigenvalue weighted by atomic mass is 10.1. The quantitative estimate of drug-likeness (QED) is 0.717. The summed E-state index contributed by atoms with van der Waals surface area (Å²) in [7, 11) is 0. The molecular weight excluding hydrogens is 367 g/mol. The van der Waals surface area contributed by atoms with Crippen molar-refractivity contribution in [1.29, 1.82) is 0 Å². The van der Waals surface area contributed by atoms with E-state index in [9.17, 15) is 13.2 Å². The van der Waals surface area contributed by atoms with E-state index in [1.165, 1.54) is 16.8 Å². The van der Waals surface area contributed by atoms with Gasteiger partial charge in [-0.2, -0.15) is 5.10 Å². The molecule has 0 bridgehead atoms. The summed E-state index contributed by atoms with van der Waals surface area (Å²) in [6, 6.07) is 13.1. The zero-order valence-electron chi connectivity index (χ0n) is 13.3. The third kappa shape index (κ3) is 3.15. The van der Waals surface area contributed by atoms with Gasteiger partial charge in [0.2, 0.25) is 0 Å². The van der Waals surface area contributed by atoms with Gasteiger partial charge >= 0.3 is 6.36 Å². The predicted octanol–water partition coefficient (Wildman–Crippen LogP) is 4.69. The Labute approximate surface area is 152 Å². The zero-order chi connectivity index (χ0) is 18.3. The highest BCUT2D eigenvalue weighted by molar-refractivity contribution is 6.30. The van der Waals surface area contributed by atoms with E-state index in [0.29, 0.717) is 18.1 Å². The van der Waals surface area contributed by atoms with Crippen molar-refractivity contribution >= 4 is 11.6 Å². The minimum atomic E-state index is -4.78. The van der Waals surface area contributed by atoms with Crippen LogP contribution in [0.4, 0.5) is 13.2 Å². The molecule has 4 rings (SSSR count). The number of rotatable bonds is 3. The van der Waals surface area contributed by atoms with Crippen LogP contribution < -0.4 is 10.1 Å². The summed E-state index contributed by atoms with van der Waals surface area (Å²) in [5.41, 5.74) is 3.52. The molecule has 8 heteroatoms. The van der Waals surface area contributed by atoms with Crippen molar-refractivity contribution in [1.82, 2.24) is 15.1 Å². The first-order chi connectivity index (χ1) is 12.4. The predicted molar refractivity (Wildman–Crippen MR) is 91.2 cm³/mol. The standard InChI is InChI=1S/C18H13ClF3N3O/c19-12-7-5-11(6-8-12)17-13-9-23-10-14(13)24-25(17)15-3-1-2-4-16(15)26-18(20,21)22/h1-8,23H,9-10H2. The SMILES string of the molecule is FC(F)(F)Oc1ccccc1-n1nc2c(c1-c1ccc(Cl)cc1)CNC2. The molecule has 26 heavy (non-hydrogen) atoms. The fourth-order valence-corrected chi connectivity index (χ4v) is 3.18. The Morgan fingerprint density at radius 1 is 1.04 bits per heavy atom. The van der Waals surface area contributed by atoms with Crippen molar-refractivity contribution in [3.8, 4) is 22.7 Å². The summed E-state index contributed by atoms with van der Waals surface area (Å²) < 4.78 is 44.1. The molecule has 2 heterocycles. The lowest BCUT2D eigenvalue weighted by molar-refractivity contribution is -0.274. The van der Waals surface area contributed by atoms with Gasteiger partial charge in [0.25, 0.3) is 0 Å². The molecule has 0 atom stereocenters. The van der Waals surface area contributed by atoms with Crippen LogP contribution in [0.2, 0.25) is 5.02 Å². The summed E-state index contributed by atoms with van der Waals surface area (Å²) in [5.74, 6) is -0.302. The largest absolute Gasteiger partial charge is 0.573 e. The smallest absolute Gasteiger partial charge is 0.403 e. The second kappa shape index (κ2) is 6.34. The van der Waals surface area contributed by atoms with Gasteiger partial charge < -0.3 is 10.1 Å². The number of nitrogens with zero attached hydrogens (tertiary/aromatic N) is 2. The molecule has 0 amide bonds. The molecule has 1 aromatic heterocycles. The Morgan fingerprint density at radius 2 is 1.77 bits per heavy atom. The summed E-state index contributed by atoms with van der Waals surface area (Å²) in [5, 5.41) is 8.31. The van der Waals surface area contributed by atoms with E-state index in [1.54, 1.807) is 24.3 Å². The van der Waals surface area contributed by atoms with E-state index in [1.807, 2.05) is 12.1 Å². The fraction of sp³-hybridized carbons (Fsp3) is 0.167. The molecule has 1 N–H and O–H groups in total. The van der Waals surface area contributed by atoms with E-state index < -0.39 is 6.36 Å². The zero-order valence-corrected chi connectivity index (χ0v) is 14.1. The first kappa shape index (κ1) is 16.9. The third-order valence-electron chi connectivity index (χ3n) is 4.10. The van der Waals surface area contributed by atoms with E-state index in [4.69, 9.17) is 11.6 Å². The third-order valence-corrected chi connectivity index (χ3v) is 4.35. The Morgan fingerprint density at radius 3 is 2.50 bits per heavy atom. The number of hydrogen-bond donors (Lipinski definition) is 1. The van der Waals surface area contributed by atoms with E-state index >= 15 is 0 Å². The van der Waals surface area contributed by atoms with Gasteiger partial charge in [0.15, 0.2) is 5.75 Å². The van der Waals surface area contributed by atoms with E-state index in [2.05, 4.69) is 15.2 Å². The number of fused-ring (bicyclic) bond motifs is 1. The van der Waals surface area contributed by atoms with Crippen LogP contribution in [0.5, 0.6) is 5.75 Å². The Balaban J connectivity index is 1.90. The molecule has 0 radical (unpaired) electrons. The number of benzene rings is 2. The van der Waals surface area contributed by atoms with E-state index in [-0.39, 0.29) is 11.4 Å². The lowest BCUT2D eigenvalue weighted by Crippen LogP contribution is -2.19. The number of alkyl halides is 3. The highest BCUT2D eigenvalue weighted by Crippen LogP contribution is 2.36. The second-order valence-electron chi connectivity index (χ2n) is 5.81. The van der Waals surface area contributed by atoms with Gasteiger partial charge in [-0.3, -0.25) is 0 Å². The molecule has 3 aromatic rings. The van der Waals surface area contributed by atoms with Crippen molar-refractivity contribution in [2.45, 2.75) is 19.5 Å². The van der Waals surface area contributed by atoms with Crippen molar-refractivity contribution in [2.75, 3.05) is 0 Å². The first-order valence-electron chi connectivity index (χ1n) is 7.85. The number of nitrogens with one attached hydrogen (secondary N) is 1. The summed E-state index contributed by atoms with van der Waals surface area (Å²) in [6.07, 6.45) is -4.78. The fourth-order valence-electron chi connectivity index (χ4n) is 3.05. The van der Waals surface area contributed by atoms with Crippen molar-refractivity contribution in [3.05, 3.63) is 64.8 Å². The average Bonchev–Trinajstić information content (AvgIpc) is 3.16. The van der Waals surface area contributed by atoms with Crippen LogP contribution in [0.25, 0.3) is 16.9 Å². The number of hydrogen-bond acceptors (Lipinski definition) is 3. The van der Waals surface area contributed by atoms with Crippen LogP contribution in [-0.4, -0.2) is 16.1 Å². The number of para-hydroxylation sites is 2. The van der Waals surface area contributed by atoms with Crippen molar-refractivity contribution in [3.63, 3.8) is 0 Å². The minimum Gasteiger partial charge on any atom is -0.403 e. The molecule has 0 spiro atoms. The molecule has 2 aromatic carbocycles. The lowest BCUT2D eigenvalue weighted by Gasteiger charge is -2.16. The monoisotopic (exact) mass is 379 g/mol. The maximum atomic E-state index is 12.8. The summed E-state index contributed by atoms with van der Waals surface area (Å²) in [6.45, 7) is 1.15. The Hall–Kier alpha value is -2.51. The number of halogens is 4. The molecule has 1 aliphatic rings. The highest BCUT2D eigenvalue weighted by atomic mass is 35.5. The van der Waals surface area contributed by atoms with Crippen molar-refractivity contribution < 1.29 is 17.9 Å². The summed E-state index contributed by atoms with van der Waals surface area (Å²) >= 11 is 5.97. The molecule has 0 fully saturated rings. The average molecular weight is 380 g/mol. The van der Waals surface area contributed by atoms with Gasteiger partial charge in [-0.05, 0) is 24.3 Å². The van der Waals surface area contributed by atoms with Crippen LogP contribution in [0.15, 0.2) is 48.5 Å². The van der Waals surface area contributed by atoms with Crippen LogP contribution in [0, 0.1) is 0 Å². The molecule has 0 aliphatic carbocycles. The van der Waals surface area contributed by atoms with Crippen LogP contribution in [-0.2, 0) is 13.1 Å². The minimum absolute atomic E-state index is 0.226. The topological polar surface area (TPSA) is 39.1 Å². The molecular formula is C18H13ClF3N3O. The Kier molecular flexibility index (Phi) is 4.13. The highest BCUT2D eigenvalue weighted by Gasteiger charge is 2.33. The van der Waals surface area contributed by atoms with Crippen molar-refractivity contribution in [2.24, 2.45) is 0 Å². The van der Waals surface area contributed by atoms with Gasteiger partial charge in [-0.25, -0.2) is 4.68 Å². The maximum Gasteiger partial charge on any atom is 0.573 e. The molecule has 0 saturated carbocycles. The van der Waals surface area contributed by atoms with Gasteiger partial charge in [-0.15, -0.1) is 13.2 Å². The van der Waals surface area contributed by atoms with Gasteiger partial charge in [-0.1, -0.05) is 35.9 Å². The van der Waals surface area contributed by atoms with Gasteiger partial charge in [0.1, 0.15) is 5.69 Å². The number of aromatic nitrogens is 2. The molecule has 1 aliphatic heterocycles. The van der Waals surface area contributed by atoms with E-state index in [0.717, 1.165) is 22.5 Å².